The summed E-state index contributed by atoms with van der Waals surface area (Å²) in [5.41, 5.74) is 1.26. The van der Waals surface area contributed by atoms with Gasteiger partial charge in [0.05, 0.1) is 4.88 Å². The first kappa shape index (κ1) is 13.1. The van der Waals surface area contributed by atoms with Gasteiger partial charge < -0.3 is 10.4 Å². The summed E-state index contributed by atoms with van der Waals surface area (Å²) < 4.78 is 0. The van der Waals surface area contributed by atoms with Crippen LogP contribution in [0, 0.1) is 0 Å². The maximum absolute atomic E-state index is 12.0. The van der Waals surface area contributed by atoms with Crippen molar-refractivity contribution in [2.75, 3.05) is 0 Å². The van der Waals surface area contributed by atoms with Crippen LogP contribution >= 0.6 is 11.3 Å². The number of amides is 1. The van der Waals surface area contributed by atoms with Gasteiger partial charge >= 0.3 is 5.97 Å². The van der Waals surface area contributed by atoms with Crippen LogP contribution in [0.3, 0.4) is 0 Å². The number of nitrogens with one attached hydrogen (secondary N) is 1. The standard InChI is InChI=1S/C13H17NO3S/c1-2-9(13(16)17)14-12(15)11-7-8-5-3-4-6-10(8)18-11/h7,9H,2-6H2,1H3,(H,14,15)(H,16,17)/t9-/m0/s1. The van der Waals surface area contributed by atoms with Gasteiger partial charge in [-0.3, -0.25) is 4.79 Å². The average molecular weight is 267 g/mol. The quantitative estimate of drug-likeness (QED) is 0.879. The first-order valence-electron chi connectivity index (χ1n) is 6.27. The fraction of sp³-hybridized carbons (Fsp3) is 0.538. The van der Waals surface area contributed by atoms with Crippen LogP contribution < -0.4 is 5.32 Å². The minimum absolute atomic E-state index is 0.261. The minimum Gasteiger partial charge on any atom is -0.480 e. The van der Waals surface area contributed by atoms with Crippen LogP contribution in [0.15, 0.2) is 6.07 Å². The molecule has 1 aliphatic rings. The molecule has 1 heterocycles. The van der Waals surface area contributed by atoms with E-state index in [2.05, 4.69) is 5.32 Å². The fourth-order valence-electron chi connectivity index (χ4n) is 2.17. The van der Waals surface area contributed by atoms with Gasteiger partial charge in [-0.05, 0) is 43.7 Å². The molecule has 0 saturated carbocycles. The number of hydrogen-bond acceptors (Lipinski definition) is 3. The Morgan fingerprint density at radius 2 is 2.17 bits per heavy atom. The molecule has 0 unspecified atom stereocenters. The molecule has 0 aliphatic heterocycles. The van der Waals surface area contributed by atoms with Gasteiger partial charge in [-0.25, -0.2) is 4.79 Å². The zero-order valence-electron chi connectivity index (χ0n) is 10.4. The summed E-state index contributed by atoms with van der Waals surface area (Å²) in [4.78, 5) is 24.8. The molecule has 4 nitrogen and oxygen atoms in total. The molecule has 2 N–H and O–H groups in total. The van der Waals surface area contributed by atoms with Crippen LogP contribution in [0.5, 0.6) is 0 Å². The fourth-order valence-corrected chi connectivity index (χ4v) is 3.33. The molecule has 1 atom stereocenters. The highest BCUT2D eigenvalue weighted by Gasteiger charge is 2.21. The number of carbonyl (C=O) groups excluding carboxylic acids is 1. The van der Waals surface area contributed by atoms with Crippen molar-refractivity contribution >= 4 is 23.2 Å². The van der Waals surface area contributed by atoms with Crippen LogP contribution in [0.4, 0.5) is 0 Å². The third kappa shape index (κ3) is 2.72. The normalized spacial score (nSPS) is 15.8. The lowest BCUT2D eigenvalue weighted by Crippen LogP contribution is -2.39. The van der Waals surface area contributed by atoms with Gasteiger partial charge in [-0.1, -0.05) is 6.92 Å². The second kappa shape index (κ2) is 5.52. The number of thiophene rings is 1. The minimum atomic E-state index is -0.979. The van der Waals surface area contributed by atoms with E-state index in [0.29, 0.717) is 11.3 Å². The van der Waals surface area contributed by atoms with E-state index in [4.69, 9.17) is 5.11 Å². The Morgan fingerprint density at radius 1 is 1.44 bits per heavy atom. The van der Waals surface area contributed by atoms with Crippen molar-refractivity contribution in [1.29, 1.82) is 0 Å². The van der Waals surface area contributed by atoms with Crippen molar-refractivity contribution in [3.63, 3.8) is 0 Å². The molecular weight excluding hydrogens is 250 g/mol. The summed E-state index contributed by atoms with van der Waals surface area (Å²) in [6.07, 6.45) is 4.84. The van der Waals surface area contributed by atoms with E-state index in [1.165, 1.54) is 34.6 Å². The molecule has 18 heavy (non-hydrogen) atoms. The van der Waals surface area contributed by atoms with Crippen LogP contribution in [0.1, 0.15) is 46.3 Å². The number of carboxylic acids is 1. The molecule has 1 aromatic heterocycles. The predicted molar refractivity (Wildman–Crippen MR) is 70.1 cm³/mol. The summed E-state index contributed by atoms with van der Waals surface area (Å²) in [7, 11) is 0. The van der Waals surface area contributed by atoms with Gasteiger partial charge in [0.25, 0.3) is 5.91 Å². The van der Waals surface area contributed by atoms with E-state index in [9.17, 15) is 9.59 Å². The van der Waals surface area contributed by atoms with Crippen LogP contribution in [0.25, 0.3) is 0 Å². The molecule has 2 rings (SSSR count). The van der Waals surface area contributed by atoms with E-state index in [1.54, 1.807) is 6.92 Å². The maximum atomic E-state index is 12.0. The largest absolute Gasteiger partial charge is 0.480 e. The lowest BCUT2D eigenvalue weighted by Gasteiger charge is -2.10. The molecule has 0 bridgehead atoms. The highest BCUT2D eigenvalue weighted by Crippen LogP contribution is 2.29. The van der Waals surface area contributed by atoms with Crippen molar-refractivity contribution in [3.05, 3.63) is 21.4 Å². The number of carboxylic acid groups (broad SMARTS) is 1. The first-order chi connectivity index (χ1) is 8.61. The molecule has 5 heteroatoms. The van der Waals surface area contributed by atoms with Crippen molar-refractivity contribution in [3.8, 4) is 0 Å². The van der Waals surface area contributed by atoms with Crippen LogP contribution in [-0.2, 0) is 17.6 Å². The van der Waals surface area contributed by atoms with Crippen molar-refractivity contribution in [2.24, 2.45) is 0 Å². The number of hydrogen-bond donors (Lipinski definition) is 2. The van der Waals surface area contributed by atoms with Crippen molar-refractivity contribution in [1.82, 2.24) is 5.32 Å². The predicted octanol–water partition coefficient (Wildman–Crippen LogP) is 2.22. The lowest BCUT2D eigenvalue weighted by molar-refractivity contribution is -0.139. The number of aliphatic carboxylic acids is 1. The third-order valence-corrected chi connectivity index (χ3v) is 4.47. The molecular formula is C13H17NO3S. The zero-order valence-corrected chi connectivity index (χ0v) is 11.2. The molecule has 0 spiro atoms. The second-order valence-corrected chi connectivity index (χ2v) is 5.68. The Morgan fingerprint density at radius 3 is 2.78 bits per heavy atom. The van der Waals surface area contributed by atoms with Crippen LogP contribution in [-0.4, -0.2) is 23.0 Å². The molecule has 0 saturated heterocycles. The Balaban J connectivity index is 2.09. The monoisotopic (exact) mass is 267 g/mol. The average Bonchev–Trinajstić information content (AvgIpc) is 2.79. The Labute approximate surface area is 110 Å². The van der Waals surface area contributed by atoms with Crippen LogP contribution in [0.2, 0.25) is 0 Å². The molecule has 1 aromatic rings. The van der Waals surface area contributed by atoms with Gasteiger partial charge in [0, 0.05) is 4.88 Å². The maximum Gasteiger partial charge on any atom is 0.326 e. The van der Waals surface area contributed by atoms with E-state index < -0.39 is 12.0 Å². The van der Waals surface area contributed by atoms with Gasteiger partial charge in [0.1, 0.15) is 6.04 Å². The number of fused-ring (bicyclic) bond motifs is 1. The third-order valence-electron chi connectivity index (χ3n) is 3.23. The SMILES string of the molecule is CC[C@H](NC(=O)c1cc2c(s1)CCCC2)C(=O)O. The van der Waals surface area contributed by atoms with E-state index in [1.807, 2.05) is 6.07 Å². The highest BCUT2D eigenvalue weighted by molar-refractivity contribution is 7.14. The number of carbonyl (C=O) groups is 2. The summed E-state index contributed by atoms with van der Waals surface area (Å²) in [6, 6.07) is 1.12. The summed E-state index contributed by atoms with van der Waals surface area (Å²) >= 11 is 1.50. The van der Waals surface area contributed by atoms with Crippen molar-refractivity contribution < 1.29 is 14.7 Å². The van der Waals surface area contributed by atoms with E-state index in [0.717, 1.165) is 12.8 Å². The topological polar surface area (TPSA) is 66.4 Å². The Bertz CT molecular complexity index is 443. The van der Waals surface area contributed by atoms with Gasteiger partial charge in [0.15, 0.2) is 0 Å². The molecule has 98 valence electrons. The smallest absolute Gasteiger partial charge is 0.326 e. The summed E-state index contributed by atoms with van der Waals surface area (Å²) in [6.45, 7) is 1.75. The van der Waals surface area contributed by atoms with E-state index >= 15 is 0 Å². The molecule has 0 aromatic carbocycles. The summed E-state index contributed by atoms with van der Waals surface area (Å²) in [5, 5.41) is 11.5. The second-order valence-electron chi connectivity index (χ2n) is 4.54. The zero-order chi connectivity index (χ0) is 13.1. The van der Waals surface area contributed by atoms with E-state index in [-0.39, 0.29) is 5.91 Å². The van der Waals surface area contributed by atoms with Gasteiger partial charge in [-0.15, -0.1) is 11.3 Å². The molecule has 1 amide bonds. The number of aryl methyl sites for hydroxylation is 2. The highest BCUT2D eigenvalue weighted by atomic mass is 32.1. The summed E-state index contributed by atoms with van der Waals surface area (Å²) in [5.74, 6) is -1.24. The van der Waals surface area contributed by atoms with Crippen molar-refractivity contribution in [2.45, 2.75) is 45.1 Å². The van der Waals surface area contributed by atoms with Gasteiger partial charge in [0.2, 0.25) is 0 Å². The Kier molecular flexibility index (Phi) is 4.01. The molecule has 0 fully saturated rings. The Hall–Kier alpha value is -1.36. The number of rotatable bonds is 4. The van der Waals surface area contributed by atoms with Gasteiger partial charge in [-0.2, -0.15) is 0 Å². The lowest BCUT2D eigenvalue weighted by atomic mass is 9.99. The molecule has 0 radical (unpaired) electrons. The molecule has 1 aliphatic carbocycles. The first-order valence-corrected chi connectivity index (χ1v) is 7.08.